The van der Waals surface area contributed by atoms with Gasteiger partial charge < -0.3 is 14.6 Å². The Morgan fingerprint density at radius 2 is 2.16 bits per heavy atom. The van der Waals surface area contributed by atoms with E-state index in [-0.39, 0.29) is 41.2 Å². The van der Waals surface area contributed by atoms with Crippen LogP contribution in [0.15, 0.2) is 11.1 Å². The van der Waals surface area contributed by atoms with Crippen LogP contribution >= 0.6 is 0 Å². The molecule has 0 radical (unpaired) electrons. The van der Waals surface area contributed by atoms with Gasteiger partial charge in [0.15, 0.2) is 0 Å². The van der Waals surface area contributed by atoms with Crippen molar-refractivity contribution in [1.82, 2.24) is 0 Å². The fourth-order valence-corrected chi connectivity index (χ4v) is 4.66. The van der Waals surface area contributed by atoms with Crippen LogP contribution in [0.5, 0.6) is 0 Å². The van der Waals surface area contributed by atoms with Crippen LogP contribution in [-0.2, 0) is 14.3 Å². The molecule has 1 N–H and O–H groups in total. The number of ether oxygens (including phenoxy) is 2. The SMILES string of the molecule is CC1=C2C[C@]3(C)[C@@H](C)[C@H](O)C[C@@H]4O[C@@]43C[C@H]2OC1=O. The van der Waals surface area contributed by atoms with E-state index < -0.39 is 0 Å². The molecule has 4 rings (SSSR count). The largest absolute Gasteiger partial charge is 0.454 e. The number of esters is 1. The zero-order valence-electron chi connectivity index (χ0n) is 11.6. The Labute approximate surface area is 112 Å². The lowest BCUT2D eigenvalue weighted by Gasteiger charge is -2.50. The first-order valence-corrected chi connectivity index (χ1v) is 7.15. The van der Waals surface area contributed by atoms with Crippen LogP contribution in [0.2, 0.25) is 0 Å². The Hall–Kier alpha value is -0.870. The molecule has 19 heavy (non-hydrogen) atoms. The van der Waals surface area contributed by atoms with Crippen molar-refractivity contribution in [1.29, 1.82) is 0 Å². The summed E-state index contributed by atoms with van der Waals surface area (Å²) in [7, 11) is 0. The zero-order valence-corrected chi connectivity index (χ0v) is 11.6. The second-order valence-corrected chi connectivity index (χ2v) is 6.93. The third kappa shape index (κ3) is 1.20. The first kappa shape index (κ1) is 11.9. The lowest BCUT2D eigenvalue weighted by molar-refractivity contribution is -0.143. The molecule has 0 aromatic heterocycles. The van der Waals surface area contributed by atoms with Crippen molar-refractivity contribution in [3.05, 3.63) is 11.1 Å². The van der Waals surface area contributed by atoms with Gasteiger partial charge in [0.2, 0.25) is 0 Å². The number of aliphatic hydroxyl groups excluding tert-OH is 1. The molecule has 6 atom stereocenters. The Morgan fingerprint density at radius 1 is 1.42 bits per heavy atom. The van der Waals surface area contributed by atoms with Gasteiger partial charge in [-0.15, -0.1) is 0 Å². The van der Waals surface area contributed by atoms with Crippen LogP contribution in [-0.4, -0.2) is 35.0 Å². The Kier molecular flexibility index (Phi) is 2.03. The van der Waals surface area contributed by atoms with E-state index in [1.807, 2.05) is 6.92 Å². The molecule has 3 fully saturated rings. The number of epoxide rings is 1. The normalized spacial score (nSPS) is 55.3. The average Bonchev–Trinajstić information content (AvgIpc) is 2.98. The summed E-state index contributed by atoms with van der Waals surface area (Å²) >= 11 is 0. The molecule has 0 aromatic carbocycles. The summed E-state index contributed by atoms with van der Waals surface area (Å²) in [6.45, 7) is 6.17. The lowest BCUT2D eigenvalue weighted by atomic mass is 9.53. The van der Waals surface area contributed by atoms with Gasteiger partial charge in [-0.2, -0.15) is 0 Å². The Bertz CT molecular complexity index is 510. The molecule has 0 bridgehead atoms. The van der Waals surface area contributed by atoms with Crippen LogP contribution in [0.25, 0.3) is 0 Å². The topological polar surface area (TPSA) is 59.1 Å². The maximum absolute atomic E-state index is 11.7. The first-order chi connectivity index (χ1) is 8.89. The number of rotatable bonds is 0. The summed E-state index contributed by atoms with van der Waals surface area (Å²) in [6, 6.07) is 0. The molecule has 104 valence electrons. The van der Waals surface area contributed by atoms with E-state index in [9.17, 15) is 9.90 Å². The fraction of sp³-hybridized carbons (Fsp3) is 0.800. The zero-order chi connectivity index (χ0) is 13.6. The van der Waals surface area contributed by atoms with E-state index in [0.29, 0.717) is 0 Å². The minimum atomic E-state index is -0.305. The summed E-state index contributed by atoms with van der Waals surface area (Å²) in [5.41, 5.74) is 1.64. The Morgan fingerprint density at radius 3 is 2.89 bits per heavy atom. The maximum Gasteiger partial charge on any atom is 0.334 e. The van der Waals surface area contributed by atoms with Gasteiger partial charge in [-0.1, -0.05) is 13.8 Å². The van der Waals surface area contributed by atoms with Gasteiger partial charge in [0.1, 0.15) is 11.7 Å². The number of carbonyl (C=O) groups excluding carboxylic acids is 1. The number of hydrogen-bond acceptors (Lipinski definition) is 4. The van der Waals surface area contributed by atoms with E-state index in [2.05, 4.69) is 13.8 Å². The van der Waals surface area contributed by atoms with Crippen molar-refractivity contribution in [3.8, 4) is 0 Å². The van der Waals surface area contributed by atoms with Gasteiger partial charge in [0, 0.05) is 23.8 Å². The number of aliphatic hydroxyl groups is 1. The van der Waals surface area contributed by atoms with E-state index >= 15 is 0 Å². The van der Waals surface area contributed by atoms with E-state index in [1.54, 1.807) is 0 Å². The minimum absolute atomic E-state index is 0.0869. The van der Waals surface area contributed by atoms with Gasteiger partial charge in [0.25, 0.3) is 0 Å². The second-order valence-electron chi connectivity index (χ2n) is 6.93. The minimum Gasteiger partial charge on any atom is -0.454 e. The van der Waals surface area contributed by atoms with E-state index in [0.717, 1.165) is 30.4 Å². The van der Waals surface area contributed by atoms with Crippen LogP contribution in [0.4, 0.5) is 0 Å². The van der Waals surface area contributed by atoms with Crippen molar-refractivity contribution < 1.29 is 19.4 Å². The molecule has 2 saturated carbocycles. The summed E-state index contributed by atoms with van der Waals surface area (Å²) in [6.07, 6.45) is 2.04. The quantitative estimate of drug-likeness (QED) is 0.533. The highest BCUT2D eigenvalue weighted by Crippen LogP contribution is 2.68. The fourth-order valence-electron chi connectivity index (χ4n) is 4.66. The standard InChI is InChI=1S/C15H20O4/c1-7-9-5-14(3)8(2)10(16)4-12-15(14,19-12)6-11(9)18-13(7)17/h8,10-12,16H,4-6H2,1-3H3/t8-,10+,11+,12-,14+,15-/m0/s1. The molecule has 1 spiro atoms. The molecule has 4 aliphatic rings. The van der Waals surface area contributed by atoms with Gasteiger partial charge in [0.05, 0.1) is 12.2 Å². The van der Waals surface area contributed by atoms with Gasteiger partial charge >= 0.3 is 5.97 Å². The number of carbonyl (C=O) groups is 1. The summed E-state index contributed by atoms with van der Waals surface area (Å²) in [5.74, 6) is 0.00671. The highest BCUT2D eigenvalue weighted by atomic mass is 16.6. The summed E-state index contributed by atoms with van der Waals surface area (Å²) in [5, 5.41) is 10.2. The molecule has 0 aromatic rings. The number of fused-ring (bicyclic) bond motifs is 1. The average molecular weight is 264 g/mol. The third-order valence-electron chi connectivity index (χ3n) is 6.29. The molecule has 2 aliphatic heterocycles. The van der Waals surface area contributed by atoms with Crippen molar-refractivity contribution in [2.75, 3.05) is 0 Å². The molecular formula is C15H20O4. The lowest BCUT2D eigenvalue weighted by Crippen LogP contribution is -2.55. The van der Waals surface area contributed by atoms with Gasteiger partial charge in [-0.05, 0) is 24.8 Å². The van der Waals surface area contributed by atoms with Gasteiger partial charge in [-0.25, -0.2) is 4.79 Å². The van der Waals surface area contributed by atoms with E-state index in [4.69, 9.17) is 9.47 Å². The van der Waals surface area contributed by atoms with Crippen molar-refractivity contribution in [3.63, 3.8) is 0 Å². The first-order valence-electron chi connectivity index (χ1n) is 7.15. The summed E-state index contributed by atoms with van der Waals surface area (Å²) < 4.78 is 11.5. The van der Waals surface area contributed by atoms with Crippen molar-refractivity contribution in [2.45, 2.75) is 63.9 Å². The van der Waals surface area contributed by atoms with Crippen LogP contribution < -0.4 is 0 Å². The third-order valence-corrected chi connectivity index (χ3v) is 6.29. The molecule has 4 nitrogen and oxygen atoms in total. The highest BCUT2D eigenvalue weighted by molar-refractivity contribution is 5.91. The maximum atomic E-state index is 11.7. The molecule has 2 heterocycles. The Balaban J connectivity index is 1.79. The van der Waals surface area contributed by atoms with Crippen LogP contribution in [0.1, 0.15) is 40.0 Å². The molecule has 1 saturated heterocycles. The molecular weight excluding hydrogens is 244 g/mol. The molecule has 0 amide bonds. The van der Waals surface area contributed by atoms with Crippen molar-refractivity contribution in [2.24, 2.45) is 11.3 Å². The van der Waals surface area contributed by atoms with Gasteiger partial charge in [-0.3, -0.25) is 0 Å². The molecule has 2 aliphatic carbocycles. The van der Waals surface area contributed by atoms with Crippen LogP contribution in [0.3, 0.4) is 0 Å². The predicted molar refractivity (Wildman–Crippen MR) is 67.3 cm³/mol. The smallest absolute Gasteiger partial charge is 0.334 e. The molecule has 0 unspecified atom stereocenters. The van der Waals surface area contributed by atoms with Crippen LogP contribution in [0, 0.1) is 11.3 Å². The monoisotopic (exact) mass is 264 g/mol. The predicted octanol–water partition coefficient (Wildman–Crippen LogP) is 1.57. The summed E-state index contributed by atoms with van der Waals surface area (Å²) in [4.78, 5) is 11.7. The highest BCUT2D eigenvalue weighted by Gasteiger charge is 2.75. The second kappa shape index (κ2) is 3.23. The molecule has 4 heteroatoms. The van der Waals surface area contributed by atoms with E-state index in [1.165, 1.54) is 0 Å². The number of hydrogen-bond donors (Lipinski definition) is 1. The van der Waals surface area contributed by atoms with Crippen molar-refractivity contribution >= 4 is 5.97 Å².